The van der Waals surface area contributed by atoms with E-state index in [-0.39, 0.29) is 0 Å². The van der Waals surface area contributed by atoms with Crippen molar-refractivity contribution in [2.24, 2.45) is 0 Å². The predicted octanol–water partition coefficient (Wildman–Crippen LogP) is 5.49. The second-order valence-electron chi connectivity index (χ2n) is 5.77. The van der Waals surface area contributed by atoms with E-state index in [1.54, 1.807) is 0 Å². The van der Waals surface area contributed by atoms with Crippen molar-refractivity contribution in [3.63, 3.8) is 0 Å². The van der Waals surface area contributed by atoms with Gasteiger partial charge in [-0.3, -0.25) is 0 Å². The van der Waals surface area contributed by atoms with Gasteiger partial charge in [-0.2, -0.15) is 0 Å². The van der Waals surface area contributed by atoms with Crippen LogP contribution in [0.25, 0.3) is 0 Å². The van der Waals surface area contributed by atoms with E-state index in [9.17, 15) is 0 Å². The molecule has 1 aliphatic rings. The first-order valence-corrected chi connectivity index (χ1v) is 8.28. The normalized spacial score (nSPS) is 12.8. The molecule has 2 heteroatoms. The molecule has 0 atom stereocenters. The number of benzene rings is 1. The maximum absolute atomic E-state index is 5.41. The largest absolute Gasteiger partial charge is 0.454 e. The van der Waals surface area contributed by atoms with E-state index in [0.29, 0.717) is 6.79 Å². The van der Waals surface area contributed by atoms with Crippen molar-refractivity contribution < 1.29 is 9.47 Å². The Hall–Kier alpha value is -1.18. The van der Waals surface area contributed by atoms with Gasteiger partial charge in [0.2, 0.25) is 6.79 Å². The van der Waals surface area contributed by atoms with Crippen LogP contribution in [0.5, 0.6) is 11.5 Å². The fourth-order valence-corrected chi connectivity index (χ4v) is 2.74. The molecule has 0 saturated heterocycles. The van der Waals surface area contributed by atoms with Crippen LogP contribution < -0.4 is 9.47 Å². The SMILES string of the molecule is CCCCCCCCCCCc1ccc2c(c1)OCO2. The number of hydrogen-bond donors (Lipinski definition) is 0. The van der Waals surface area contributed by atoms with Crippen LogP contribution in [-0.2, 0) is 6.42 Å². The van der Waals surface area contributed by atoms with E-state index in [4.69, 9.17) is 9.47 Å². The van der Waals surface area contributed by atoms with Crippen molar-refractivity contribution in [1.29, 1.82) is 0 Å². The van der Waals surface area contributed by atoms with Gasteiger partial charge >= 0.3 is 0 Å². The lowest BCUT2D eigenvalue weighted by molar-refractivity contribution is 0.174. The van der Waals surface area contributed by atoms with Gasteiger partial charge in [-0.1, -0.05) is 64.4 Å². The molecule has 0 fully saturated rings. The van der Waals surface area contributed by atoms with Gasteiger partial charge in [-0.15, -0.1) is 0 Å². The lowest BCUT2D eigenvalue weighted by Gasteiger charge is -2.04. The first-order chi connectivity index (χ1) is 9.90. The average molecular weight is 276 g/mol. The molecule has 112 valence electrons. The maximum Gasteiger partial charge on any atom is 0.231 e. The molecule has 0 saturated carbocycles. The molecule has 0 N–H and O–H groups in total. The molecule has 0 unspecified atom stereocenters. The predicted molar refractivity (Wildman–Crippen MR) is 83.5 cm³/mol. The number of hydrogen-bond acceptors (Lipinski definition) is 2. The number of ether oxygens (including phenoxy) is 2. The third kappa shape index (κ3) is 5.07. The number of fused-ring (bicyclic) bond motifs is 1. The van der Waals surface area contributed by atoms with E-state index in [0.717, 1.165) is 17.9 Å². The van der Waals surface area contributed by atoms with Crippen LogP contribution in [0, 0.1) is 0 Å². The molecule has 0 aliphatic carbocycles. The highest BCUT2D eigenvalue weighted by Crippen LogP contribution is 2.32. The van der Waals surface area contributed by atoms with Crippen LogP contribution in [0.2, 0.25) is 0 Å². The molecule has 1 aromatic rings. The van der Waals surface area contributed by atoms with Crippen LogP contribution in [0.1, 0.15) is 70.3 Å². The van der Waals surface area contributed by atoms with E-state index in [2.05, 4.69) is 19.1 Å². The van der Waals surface area contributed by atoms with Gasteiger partial charge in [0.25, 0.3) is 0 Å². The Morgan fingerprint density at radius 1 is 0.800 bits per heavy atom. The zero-order valence-electron chi connectivity index (χ0n) is 12.8. The summed E-state index contributed by atoms with van der Waals surface area (Å²) in [5.41, 5.74) is 1.37. The first kappa shape index (κ1) is 15.2. The second-order valence-corrected chi connectivity index (χ2v) is 5.77. The van der Waals surface area contributed by atoms with E-state index >= 15 is 0 Å². The van der Waals surface area contributed by atoms with E-state index in [1.165, 1.54) is 63.4 Å². The van der Waals surface area contributed by atoms with Gasteiger partial charge in [-0.05, 0) is 30.5 Å². The summed E-state index contributed by atoms with van der Waals surface area (Å²) >= 11 is 0. The topological polar surface area (TPSA) is 18.5 Å². The van der Waals surface area contributed by atoms with Crippen LogP contribution in [0.15, 0.2) is 18.2 Å². The Morgan fingerprint density at radius 3 is 2.20 bits per heavy atom. The monoisotopic (exact) mass is 276 g/mol. The second kappa shape index (κ2) is 8.89. The number of unbranched alkanes of at least 4 members (excludes halogenated alkanes) is 8. The molecule has 2 rings (SSSR count). The molecule has 0 aromatic heterocycles. The van der Waals surface area contributed by atoms with Crippen LogP contribution in [0.4, 0.5) is 0 Å². The summed E-state index contributed by atoms with van der Waals surface area (Å²) in [6.45, 7) is 2.65. The fourth-order valence-electron chi connectivity index (χ4n) is 2.74. The highest BCUT2D eigenvalue weighted by molar-refractivity contribution is 5.44. The highest BCUT2D eigenvalue weighted by atomic mass is 16.7. The Bertz CT molecular complexity index is 387. The fraction of sp³-hybridized carbons (Fsp3) is 0.667. The summed E-state index contributed by atoms with van der Waals surface area (Å²) in [7, 11) is 0. The summed E-state index contributed by atoms with van der Waals surface area (Å²) in [5, 5.41) is 0. The first-order valence-electron chi connectivity index (χ1n) is 8.28. The van der Waals surface area contributed by atoms with E-state index < -0.39 is 0 Å². The van der Waals surface area contributed by atoms with Crippen LogP contribution in [-0.4, -0.2) is 6.79 Å². The molecule has 0 spiro atoms. The summed E-state index contributed by atoms with van der Waals surface area (Å²) in [4.78, 5) is 0. The van der Waals surface area contributed by atoms with E-state index in [1.807, 2.05) is 6.07 Å². The molecular formula is C18H28O2. The van der Waals surface area contributed by atoms with Gasteiger partial charge in [0, 0.05) is 0 Å². The molecule has 20 heavy (non-hydrogen) atoms. The van der Waals surface area contributed by atoms with Crippen molar-refractivity contribution in [1.82, 2.24) is 0 Å². The smallest absolute Gasteiger partial charge is 0.231 e. The van der Waals surface area contributed by atoms with Crippen LogP contribution in [0.3, 0.4) is 0 Å². The summed E-state index contributed by atoms with van der Waals surface area (Å²) in [6.07, 6.45) is 13.6. The van der Waals surface area contributed by atoms with Gasteiger partial charge in [0.05, 0.1) is 0 Å². The zero-order chi connectivity index (χ0) is 14.0. The Kier molecular flexibility index (Phi) is 6.76. The molecule has 2 nitrogen and oxygen atoms in total. The Labute approximate surface area is 123 Å². The van der Waals surface area contributed by atoms with Crippen LogP contribution >= 0.6 is 0 Å². The Morgan fingerprint density at radius 2 is 1.45 bits per heavy atom. The van der Waals surface area contributed by atoms with Gasteiger partial charge in [0.1, 0.15) is 0 Å². The quantitative estimate of drug-likeness (QED) is 0.526. The maximum atomic E-state index is 5.41. The molecule has 0 amide bonds. The Balaban J connectivity index is 1.51. The van der Waals surface area contributed by atoms with Gasteiger partial charge < -0.3 is 9.47 Å². The number of aryl methyl sites for hydroxylation is 1. The number of rotatable bonds is 10. The summed E-state index contributed by atoms with van der Waals surface area (Å²) in [6, 6.07) is 6.33. The lowest BCUT2D eigenvalue weighted by atomic mass is 10.0. The van der Waals surface area contributed by atoms with Crippen molar-refractivity contribution in [3.8, 4) is 11.5 Å². The van der Waals surface area contributed by atoms with Crippen molar-refractivity contribution >= 4 is 0 Å². The third-order valence-electron chi connectivity index (χ3n) is 4.01. The standard InChI is InChI=1S/C18H28O2/c1-2-3-4-5-6-7-8-9-10-11-16-12-13-17-18(14-16)20-15-19-17/h12-14H,2-11,15H2,1H3. The van der Waals surface area contributed by atoms with Crippen molar-refractivity contribution in [2.45, 2.75) is 71.1 Å². The molecule has 1 heterocycles. The summed E-state index contributed by atoms with van der Waals surface area (Å²) in [5.74, 6) is 1.80. The average Bonchev–Trinajstić information content (AvgIpc) is 2.93. The highest BCUT2D eigenvalue weighted by Gasteiger charge is 2.12. The molecule has 1 aromatic carbocycles. The molecule has 0 bridgehead atoms. The van der Waals surface area contributed by atoms with Gasteiger partial charge in [-0.25, -0.2) is 0 Å². The lowest BCUT2D eigenvalue weighted by Crippen LogP contribution is -1.93. The van der Waals surface area contributed by atoms with Gasteiger partial charge in [0.15, 0.2) is 11.5 Å². The summed E-state index contributed by atoms with van der Waals surface area (Å²) < 4.78 is 10.7. The minimum absolute atomic E-state index is 0.372. The van der Waals surface area contributed by atoms with Crippen molar-refractivity contribution in [3.05, 3.63) is 23.8 Å². The van der Waals surface area contributed by atoms with Crippen molar-refractivity contribution in [2.75, 3.05) is 6.79 Å². The minimum atomic E-state index is 0.372. The molecular weight excluding hydrogens is 248 g/mol. The zero-order valence-corrected chi connectivity index (χ0v) is 12.8. The molecule has 1 aliphatic heterocycles. The molecule has 0 radical (unpaired) electrons. The third-order valence-corrected chi connectivity index (χ3v) is 4.01. The minimum Gasteiger partial charge on any atom is -0.454 e.